The zero-order valence-electron chi connectivity index (χ0n) is 9.81. The summed E-state index contributed by atoms with van der Waals surface area (Å²) in [6.07, 6.45) is 4.17. The summed E-state index contributed by atoms with van der Waals surface area (Å²) in [6.45, 7) is 4.18. The van der Waals surface area contributed by atoms with Crippen molar-refractivity contribution in [3.8, 4) is 0 Å². The zero-order chi connectivity index (χ0) is 12.0. The van der Waals surface area contributed by atoms with Gasteiger partial charge in [-0.15, -0.1) is 0 Å². The summed E-state index contributed by atoms with van der Waals surface area (Å²) in [7, 11) is 0. The predicted molar refractivity (Wildman–Crippen MR) is 67.4 cm³/mol. The van der Waals surface area contributed by atoms with Crippen molar-refractivity contribution in [2.24, 2.45) is 0 Å². The van der Waals surface area contributed by atoms with Gasteiger partial charge in [0.15, 0.2) is 17.0 Å². The summed E-state index contributed by atoms with van der Waals surface area (Å²) < 4.78 is 2.00. The molecule has 0 radical (unpaired) electrons. The van der Waals surface area contributed by atoms with Crippen LogP contribution in [0.15, 0.2) is 6.33 Å². The van der Waals surface area contributed by atoms with Gasteiger partial charge in [0.1, 0.15) is 0 Å². The number of imidazole rings is 1. The Labute approximate surface area is 104 Å². The lowest BCUT2D eigenvalue weighted by Crippen LogP contribution is -2.06. The van der Waals surface area contributed by atoms with Crippen LogP contribution in [0.25, 0.3) is 11.2 Å². The molecular weight excluding hydrogens is 238 g/mol. The van der Waals surface area contributed by atoms with Gasteiger partial charge >= 0.3 is 0 Å². The molecule has 0 atom stereocenters. The van der Waals surface area contributed by atoms with Gasteiger partial charge in [0, 0.05) is 12.1 Å². The van der Waals surface area contributed by atoms with Crippen LogP contribution < -0.4 is 5.32 Å². The van der Waals surface area contributed by atoms with E-state index in [9.17, 15) is 0 Å². The van der Waals surface area contributed by atoms with E-state index in [4.69, 9.17) is 11.6 Å². The predicted octanol–water partition coefficient (Wildman–Crippen LogP) is 2.63. The number of anilines is 1. The Morgan fingerprint density at radius 1 is 1.41 bits per heavy atom. The summed E-state index contributed by atoms with van der Waals surface area (Å²) >= 11 is 5.96. The van der Waals surface area contributed by atoms with Crippen LogP contribution in [0.2, 0.25) is 5.28 Å². The number of rotatable bonds is 3. The molecule has 1 N–H and O–H groups in total. The zero-order valence-corrected chi connectivity index (χ0v) is 10.6. The van der Waals surface area contributed by atoms with E-state index in [1.165, 1.54) is 12.8 Å². The summed E-state index contributed by atoms with van der Waals surface area (Å²) in [5, 5.41) is 3.61. The van der Waals surface area contributed by atoms with Crippen LogP contribution in [0, 0.1) is 0 Å². The number of nitrogens with one attached hydrogen (secondary N) is 1. The van der Waals surface area contributed by atoms with Crippen molar-refractivity contribution >= 4 is 28.6 Å². The van der Waals surface area contributed by atoms with Crippen molar-refractivity contribution in [2.45, 2.75) is 38.8 Å². The first-order chi connectivity index (χ1) is 8.15. The summed E-state index contributed by atoms with van der Waals surface area (Å²) in [5.41, 5.74) is 1.60. The second kappa shape index (κ2) is 3.84. The molecule has 0 aromatic carbocycles. The van der Waals surface area contributed by atoms with E-state index in [0.717, 1.165) is 17.0 Å². The van der Waals surface area contributed by atoms with E-state index in [2.05, 4.69) is 34.1 Å². The Morgan fingerprint density at radius 2 is 2.18 bits per heavy atom. The molecule has 0 amide bonds. The van der Waals surface area contributed by atoms with E-state index in [1.807, 2.05) is 4.57 Å². The minimum atomic E-state index is 0.267. The van der Waals surface area contributed by atoms with Crippen molar-refractivity contribution in [2.75, 3.05) is 5.32 Å². The highest BCUT2D eigenvalue weighted by atomic mass is 35.5. The Kier molecular flexibility index (Phi) is 2.43. The first-order valence-electron chi connectivity index (χ1n) is 5.82. The van der Waals surface area contributed by atoms with Crippen molar-refractivity contribution in [3.63, 3.8) is 0 Å². The van der Waals surface area contributed by atoms with Crippen LogP contribution in [-0.2, 0) is 0 Å². The third kappa shape index (κ3) is 1.95. The maximum atomic E-state index is 5.96. The van der Waals surface area contributed by atoms with Crippen molar-refractivity contribution in [3.05, 3.63) is 11.6 Å². The fourth-order valence-corrected chi connectivity index (χ4v) is 1.95. The van der Waals surface area contributed by atoms with Crippen LogP contribution in [-0.4, -0.2) is 25.6 Å². The van der Waals surface area contributed by atoms with E-state index < -0.39 is 0 Å². The first-order valence-corrected chi connectivity index (χ1v) is 6.19. The Balaban J connectivity index is 2.14. The van der Waals surface area contributed by atoms with Crippen molar-refractivity contribution in [1.29, 1.82) is 0 Å². The van der Waals surface area contributed by atoms with Gasteiger partial charge in [0.25, 0.3) is 0 Å². The molecule has 1 fully saturated rings. The average Bonchev–Trinajstić information content (AvgIpc) is 2.94. The Bertz CT molecular complexity index is 558. The molecular formula is C11H14ClN5. The quantitative estimate of drug-likeness (QED) is 0.852. The molecule has 1 aliphatic carbocycles. The highest BCUT2D eigenvalue weighted by Crippen LogP contribution is 2.28. The Morgan fingerprint density at radius 3 is 2.82 bits per heavy atom. The van der Waals surface area contributed by atoms with Gasteiger partial charge in [-0.25, -0.2) is 4.98 Å². The molecule has 1 aliphatic rings. The largest absolute Gasteiger partial charge is 0.365 e. The standard InChI is InChI=1S/C11H14ClN5/c1-6(2)17-5-13-8-9(14-7-3-4-7)15-11(12)16-10(8)17/h5-7H,3-4H2,1-2H3,(H,14,15,16). The normalized spacial score (nSPS) is 15.8. The van der Waals surface area contributed by atoms with E-state index >= 15 is 0 Å². The molecule has 0 unspecified atom stereocenters. The van der Waals surface area contributed by atoms with Gasteiger partial charge in [-0.05, 0) is 38.3 Å². The first kappa shape index (κ1) is 10.8. The molecule has 0 bridgehead atoms. The summed E-state index contributed by atoms with van der Waals surface area (Å²) in [5.74, 6) is 0.752. The second-order valence-electron chi connectivity index (χ2n) is 4.68. The lowest BCUT2D eigenvalue weighted by Gasteiger charge is -2.08. The molecule has 1 saturated carbocycles. The number of nitrogens with zero attached hydrogens (tertiary/aromatic N) is 4. The number of hydrogen-bond donors (Lipinski definition) is 1. The smallest absolute Gasteiger partial charge is 0.226 e. The molecule has 2 aromatic heterocycles. The van der Waals surface area contributed by atoms with E-state index in [-0.39, 0.29) is 5.28 Å². The van der Waals surface area contributed by atoms with Crippen LogP contribution in [0.3, 0.4) is 0 Å². The topological polar surface area (TPSA) is 55.6 Å². The number of hydrogen-bond acceptors (Lipinski definition) is 4. The third-order valence-electron chi connectivity index (χ3n) is 2.87. The molecule has 2 heterocycles. The van der Waals surface area contributed by atoms with Crippen LogP contribution in [0.4, 0.5) is 5.82 Å². The lowest BCUT2D eigenvalue weighted by molar-refractivity contribution is 0.612. The maximum absolute atomic E-state index is 5.96. The molecule has 5 nitrogen and oxygen atoms in total. The number of halogens is 1. The summed E-state index contributed by atoms with van der Waals surface area (Å²) in [6, 6.07) is 0.827. The molecule has 90 valence electrons. The van der Waals surface area contributed by atoms with Gasteiger partial charge < -0.3 is 9.88 Å². The monoisotopic (exact) mass is 251 g/mol. The molecule has 2 aromatic rings. The molecule has 0 saturated heterocycles. The van der Waals surface area contributed by atoms with Crippen LogP contribution in [0.1, 0.15) is 32.7 Å². The summed E-state index contributed by atoms with van der Waals surface area (Å²) in [4.78, 5) is 12.9. The van der Waals surface area contributed by atoms with Crippen LogP contribution in [0.5, 0.6) is 0 Å². The average molecular weight is 252 g/mol. The molecule has 0 aliphatic heterocycles. The van der Waals surface area contributed by atoms with Crippen molar-refractivity contribution < 1.29 is 0 Å². The lowest BCUT2D eigenvalue weighted by atomic mass is 10.4. The van der Waals surface area contributed by atoms with Gasteiger partial charge in [-0.3, -0.25) is 0 Å². The second-order valence-corrected chi connectivity index (χ2v) is 5.02. The minimum Gasteiger partial charge on any atom is -0.365 e. The fourth-order valence-electron chi connectivity index (χ4n) is 1.79. The molecule has 0 spiro atoms. The van der Waals surface area contributed by atoms with Gasteiger partial charge in [0.05, 0.1) is 6.33 Å². The van der Waals surface area contributed by atoms with E-state index in [1.54, 1.807) is 6.33 Å². The maximum Gasteiger partial charge on any atom is 0.226 e. The molecule has 6 heteroatoms. The number of aromatic nitrogens is 4. The van der Waals surface area contributed by atoms with Crippen molar-refractivity contribution in [1.82, 2.24) is 19.5 Å². The van der Waals surface area contributed by atoms with E-state index in [0.29, 0.717) is 12.1 Å². The van der Waals surface area contributed by atoms with Gasteiger partial charge in [-0.2, -0.15) is 9.97 Å². The highest BCUT2D eigenvalue weighted by Gasteiger charge is 2.24. The van der Waals surface area contributed by atoms with Gasteiger partial charge in [-0.1, -0.05) is 0 Å². The highest BCUT2D eigenvalue weighted by molar-refractivity contribution is 6.28. The SMILES string of the molecule is CC(C)n1cnc2c(NC3CC3)nc(Cl)nc21. The molecule has 3 rings (SSSR count). The fraction of sp³-hybridized carbons (Fsp3) is 0.545. The Hall–Kier alpha value is -1.36. The van der Waals surface area contributed by atoms with Gasteiger partial charge in [0.2, 0.25) is 5.28 Å². The third-order valence-corrected chi connectivity index (χ3v) is 3.04. The van der Waals surface area contributed by atoms with Crippen LogP contribution >= 0.6 is 11.6 Å². The molecule has 17 heavy (non-hydrogen) atoms. The number of fused-ring (bicyclic) bond motifs is 1. The minimum absolute atomic E-state index is 0.267.